The van der Waals surface area contributed by atoms with Crippen LogP contribution in [-0.4, -0.2) is 265 Å². The van der Waals surface area contributed by atoms with Gasteiger partial charge in [0.1, 0.15) is 91.6 Å². The first-order valence-electron chi connectivity index (χ1n) is 23.4. The summed E-state index contributed by atoms with van der Waals surface area (Å²) in [5, 5.41) is 142. The van der Waals surface area contributed by atoms with Gasteiger partial charge in [-0.05, 0) is 39.5 Å². The monoisotopic (exact) mass is 1020 g/mol. The molecule has 0 radical (unpaired) electrons. The summed E-state index contributed by atoms with van der Waals surface area (Å²) in [5.74, 6) is -1.76. The fourth-order valence-electron chi connectivity index (χ4n) is 8.01. The smallest absolute Gasteiger partial charge is 0.220 e. The minimum absolute atomic E-state index is 0.0361. The number of Topliss-reactive ketones (excluding diaryl/α,β-unsaturated/α-hetero) is 1. The molecule has 16 N–H and O–H groups in total. The number of carbonyl (C=O) groups excluding carboxylic acids is 4. The van der Waals surface area contributed by atoms with E-state index in [0.29, 0.717) is 19.4 Å². The van der Waals surface area contributed by atoms with Gasteiger partial charge in [-0.3, -0.25) is 19.2 Å². The number of aliphatic hydroxyl groups is 13. The van der Waals surface area contributed by atoms with Crippen LogP contribution >= 0.6 is 0 Å². The second kappa shape index (κ2) is 29.2. The number of amides is 3. The maximum absolute atomic E-state index is 13.6. The van der Waals surface area contributed by atoms with E-state index >= 15 is 0 Å². The van der Waals surface area contributed by atoms with Crippen LogP contribution in [0.15, 0.2) is 0 Å². The molecule has 4 heterocycles. The van der Waals surface area contributed by atoms with Crippen molar-refractivity contribution in [3.8, 4) is 0 Å². The first kappa shape index (κ1) is 59.8. The summed E-state index contributed by atoms with van der Waals surface area (Å²) >= 11 is 0. The molecular weight excluding hydrogens is 946 g/mol. The van der Waals surface area contributed by atoms with Gasteiger partial charge in [-0.15, -0.1) is 0 Å². The van der Waals surface area contributed by atoms with Crippen LogP contribution in [0.3, 0.4) is 0 Å². The number of nitrogens with one attached hydrogen (secondary N) is 3. The van der Waals surface area contributed by atoms with Crippen molar-refractivity contribution < 1.29 is 123 Å². The highest BCUT2D eigenvalue weighted by Gasteiger charge is 2.52. The molecule has 4 aliphatic heterocycles. The Kier molecular flexibility index (Phi) is 25.0. The van der Waals surface area contributed by atoms with Crippen LogP contribution in [0.5, 0.6) is 0 Å². The Balaban J connectivity index is 1.38. The molecule has 406 valence electrons. The van der Waals surface area contributed by atoms with Gasteiger partial charge in [0.2, 0.25) is 17.7 Å². The number of rotatable bonds is 27. The average Bonchev–Trinajstić information content (AvgIpc) is 3.33. The van der Waals surface area contributed by atoms with Crippen molar-refractivity contribution in [1.82, 2.24) is 16.0 Å². The summed E-state index contributed by atoms with van der Waals surface area (Å²) in [6.07, 6.45) is -32.7. The van der Waals surface area contributed by atoms with E-state index in [1.807, 2.05) is 0 Å². The van der Waals surface area contributed by atoms with Crippen molar-refractivity contribution in [3.63, 3.8) is 0 Å². The zero-order valence-electron chi connectivity index (χ0n) is 38.9. The van der Waals surface area contributed by atoms with Crippen LogP contribution in [0, 0.1) is 0 Å². The van der Waals surface area contributed by atoms with Crippen molar-refractivity contribution in [2.45, 2.75) is 194 Å². The Morgan fingerprint density at radius 1 is 0.514 bits per heavy atom. The molecule has 0 aromatic carbocycles. The Labute approximate surface area is 402 Å². The Morgan fingerprint density at radius 2 is 1.03 bits per heavy atom. The second-order valence-corrected chi connectivity index (χ2v) is 17.5. The highest BCUT2D eigenvalue weighted by atomic mass is 16.8. The van der Waals surface area contributed by atoms with Gasteiger partial charge in [-0.1, -0.05) is 0 Å². The van der Waals surface area contributed by atoms with Gasteiger partial charge in [0.15, 0.2) is 30.9 Å². The summed E-state index contributed by atoms with van der Waals surface area (Å²) in [6, 6.07) is -1.18. The molecule has 0 aromatic rings. The fourth-order valence-corrected chi connectivity index (χ4v) is 8.01. The van der Waals surface area contributed by atoms with Crippen LogP contribution in [0.4, 0.5) is 0 Å². The van der Waals surface area contributed by atoms with Gasteiger partial charge < -0.3 is 120 Å². The summed E-state index contributed by atoms with van der Waals surface area (Å²) < 4.78 is 44.4. The third kappa shape index (κ3) is 16.6. The lowest BCUT2D eigenvalue weighted by Gasteiger charge is -2.46. The van der Waals surface area contributed by atoms with E-state index in [1.165, 1.54) is 6.92 Å². The van der Waals surface area contributed by atoms with E-state index in [1.54, 1.807) is 6.92 Å². The molecule has 70 heavy (non-hydrogen) atoms. The first-order chi connectivity index (χ1) is 33.2. The normalized spacial score (nSPS) is 38.4. The summed E-state index contributed by atoms with van der Waals surface area (Å²) in [5.41, 5.74) is 0. The highest BCUT2D eigenvalue weighted by Crippen LogP contribution is 2.31. The largest absolute Gasteiger partial charge is 0.394 e. The summed E-state index contributed by atoms with van der Waals surface area (Å²) in [4.78, 5) is 51.2. The fraction of sp³-hybridized carbons (Fsp3) is 0.905. The lowest BCUT2D eigenvalue weighted by atomic mass is 9.96. The van der Waals surface area contributed by atoms with E-state index in [9.17, 15) is 85.6 Å². The average molecular weight is 1020 g/mol. The van der Waals surface area contributed by atoms with Crippen molar-refractivity contribution >= 4 is 23.5 Å². The van der Waals surface area contributed by atoms with E-state index in [4.69, 9.17) is 37.9 Å². The molecule has 3 amide bonds. The Bertz CT molecular complexity index is 1600. The van der Waals surface area contributed by atoms with E-state index in [0.717, 1.165) is 0 Å². The number of ether oxygens (including phenoxy) is 8. The maximum atomic E-state index is 13.6. The van der Waals surface area contributed by atoms with Gasteiger partial charge in [-0.25, -0.2) is 0 Å². The second-order valence-electron chi connectivity index (χ2n) is 17.5. The van der Waals surface area contributed by atoms with Gasteiger partial charge in [-0.2, -0.15) is 0 Å². The molecule has 1 unspecified atom stereocenters. The van der Waals surface area contributed by atoms with Crippen molar-refractivity contribution in [3.05, 3.63) is 0 Å². The molecule has 28 nitrogen and oxygen atoms in total. The molecule has 0 bridgehead atoms. The number of hydrogen-bond acceptors (Lipinski definition) is 25. The molecule has 4 rings (SSSR count). The van der Waals surface area contributed by atoms with E-state index < -0.39 is 166 Å². The lowest BCUT2D eigenvalue weighted by Crippen LogP contribution is -2.65. The zero-order chi connectivity index (χ0) is 51.8. The molecule has 4 fully saturated rings. The van der Waals surface area contributed by atoms with Crippen molar-refractivity contribution in [2.24, 2.45) is 0 Å². The molecule has 4 aliphatic rings. The Hall–Kier alpha value is -2.76. The van der Waals surface area contributed by atoms with Gasteiger partial charge in [0.05, 0.1) is 45.2 Å². The summed E-state index contributed by atoms with van der Waals surface area (Å²) in [6.45, 7) is 0.793. The molecule has 21 atom stereocenters. The van der Waals surface area contributed by atoms with Gasteiger partial charge in [0.25, 0.3) is 0 Å². The molecule has 28 heteroatoms. The quantitative estimate of drug-likeness (QED) is 0.0340. The SMILES string of the molecule is CCNC(=O)CCCCC(=O)NC(CCC(=O)NCCO[C@@H]1O[C@@H](C)[C@@H](O)[C@@H](O)[C@@H]1O)C(=O)CCCO[C@H]1O[C@H](CO[C@H]2O[C@H](CO)[C@@H](O)[C@H](O)[C@@H]2O)[C@@H](O)[C@H](O[C@H]2O[C@H](CO)[C@@H](O)[C@H](O)[C@@H]2O)[C@@H]1O. The minimum atomic E-state index is -1.97. The number of carbonyl (C=O) groups is 4. The predicted octanol–water partition coefficient (Wildman–Crippen LogP) is -8.28. The van der Waals surface area contributed by atoms with E-state index in [2.05, 4.69) is 16.0 Å². The molecule has 0 aliphatic carbocycles. The van der Waals surface area contributed by atoms with Crippen LogP contribution < -0.4 is 16.0 Å². The number of unbranched alkanes of at least 4 members (excludes halogenated alkanes) is 1. The third-order valence-electron chi connectivity index (χ3n) is 12.2. The zero-order valence-corrected chi connectivity index (χ0v) is 38.9. The number of hydrogen-bond donors (Lipinski definition) is 16. The van der Waals surface area contributed by atoms with Crippen molar-refractivity contribution in [2.75, 3.05) is 46.1 Å². The number of ketones is 1. The topological polar surface area (TPSA) is 441 Å². The van der Waals surface area contributed by atoms with Crippen LogP contribution in [-0.2, 0) is 57.1 Å². The standard InChI is InChI=1S/C42H73N3O25/c1-3-43-24(49)8-4-5-9-26(51)45-19(10-11-25(50)44-12-14-64-39-34(59)31(56)27(52)18(2)66-39)20(48)7-6-13-63-41-37(62)38(70-42-36(61)33(58)29(54)22(16-47)68-42)30(55)23(69-41)17-65-40-35(60)32(57)28(53)21(15-46)67-40/h18-19,21-23,27-42,46-47,52-62H,3-17H2,1-2H3,(H,43,49)(H,44,50)(H,45,51)/t18-,19?,21+,22+,23+,27+,28+,29+,30+,31+,32-,33-,34-,35-,36-,37-,38-,39+,40-,41-,42+/m0/s1. The first-order valence-corrected chi connectivity index (χ1v) is 23.4. The lowest BCUT2D eigenvalue weighted by molar-refractivity contribution is -0.366. The van der Waals surface area contributed by atoms with Crippen molar-refractivity contribution in [1.29, 1.82) is 0 Å². The van der Waals surface area contributed by atoms with E-state index in [-0.39, 0.29) is 64.2 Å². The minimum Gasteiger partial charge on any atom is -0.394 e. The van der Waals surface area contributed by atoms with Gasteiger partial charge >= 0.3 is 0 Å². The molecular formula is C42H73N3O25. The van der Waals surface area contributed by atoms with Crippen LogP contribution in [0.1, 0.15) is 65.2 Å². The third-order valence-corrected chi connectivity index (χ3v) is 12.2. The van der Waals surface area contributed by atoms with Gasteiger partial charge in [0, 0.05) is 38.8 Å². The highest BCUT2D eigenvalue weighted by molar-refractivity contribution is 5.89. The summed E-state index contributed by atoms with van der Waals surface area (Å²) in [7, 11) is 0. The van der Waals surface area contributed by atoms with Crippen LogP contribution in [0.2, 0.25) is 0 Å². The molecule has 0 spiro atoms. The maximum Gasteiger partial charge on any atom is 0.220 e. The Morgan fingerprint density at radius 3 is 1.64 bits per heavy atom. The molecule has 4 saturated heterocycles. The van der Waals surface area contributed by atoms with Crippen LogP contribution in [0.25, 0.3) is 0 Å². The predicted molar refractivity (Wildman–Crippen MR) is 229 cm³/mol. The molecule has 0 aromatic heterocycles. The number of aliphatic hydroxyl groups excluding tert-OH is 13. The molecule has 0 saturated carbocycles.